The first-order chi connectivity index (χ1) is 5.14. The summed E-state index contributed by atoms with van der Waals surface area (Å²) in [6.07, 6.45) is 5.91. The molecule has 0 bridgehead atoms. The van der Waals surface area contributed by atoms with Crippen molar-refractivity contribution in [2.24, 2.45) is 5.73 Å². The molecular formula is C8H11ClFN. The summed E-state index contributed by atoms with van der Waals surface area (Å²) in [6.45, 7) is 0.595. The second-order valence-corrected chi connectivity index (χ2v) is 3.24. The molecule has 62 valence electrons. The number of hydrogen-bond acceptors (Lipinski definition) is 1. The summed E-state index contributed by atoms with van der Waals surface area (Å²) in [5.74, 6) is 0. The standard InChI is InChI=1S/C8H11ClFN/c9-8(10)4-1-7(2-5-8)3-6-11/h1-2,4H,3,5-6,11H2. The van der Waals surface area contributed by atoms with Crippen LogP contribution in [0.15, 0.2) is 23.8 Å². The Hall–Kier alpha value is -0.340. The van der Waals surface area contributed by atoms with E-state index in [1.165, 1.54) is 6.08 Å². The van der Waals surface area contributed by atoms with Crippen LogP contribution in [0.2, 0.25) is 0 Å². The largest absolute Gasteiger partial charge is 0.330 e. The van der Waals surface area contributed by atoms with Crippen molar-refractivity contribution in [1.82, 2.24) is 0 Å². The lowest BCUT2D eigenvalue weighted by atomic mass is 10.0. The Labute approximate surface area is 70.7 Å². The van der Waals surface area contributed by atoms with Crippen LogP contribution in [0.25, 0.3) is 0 Å². The van der Waals surface area contributed by atoms with Gasteiger partial charge in [-0.05, 0) is 19.0 Å². The summed E-state index contributed by atoms with van der Waals surface area (Å²) in [6, 6.07) is 0. The smallest absolute Gasteiger partial charge is 0.205 e. The molecule has 0 fully saturated rings. The lowest BCUT2D eigenvalue weighted by Crippen LogP contribution is -2.12. The molecular weight excluding hydrogens is 165 g/mol. The van der Waals surface area contributed by atoms with Gasteiger partial charge >= 0.3 is 0 Å². The molecule has 0 amide bonds. The van der Waals surface area contributed by atoms with Gasteiger partial charge in [-0.15, -0.1) is 0 Å². The lowest BCUT2D eigenvalue weighted by molar-refractivity contribution is 0.346. The minimum absolute atomic E-state index is 0.250. The van der Waals surface area contributed by atoms with Crippen LogP contribution in [-0.2, 0) is 0 Å². The summed E-state index contributed by atoms with van der Waals surface area (Å²) in [5.41, 5.74) is 6.40. The van der Waals surface area contributed by atoms with E-state index >= 15 is 0 Å². The highest BCUT2D eigenvalue weighted by molar-refractivity contribution is 6.24. The van der Waals surface area contributed by atoms with Gasteiger partial charge in [0.05, 0.1) is 0 Å². The third kappa shape index (κ3) is 2.64. The Morgan fingerprint density at radius 2 is 2.45 bits per heavy atom. The molecule has 1 unspecified atom stereocenters. The van der Waals surface area contributed by atoms with Crippen LogP contribution in [0.4, 0.5) is 4.39 Å². The van der Waals surface area contributed by atoms with E-state index in [-0.39, 0.29) is 6.42 Å². The van der Waals surface area contributed by atoms with Gasteiger partial charge < -0.3 is 5.73 Å². The molecule has 0 aliphatic heterocycles. The van der Waals surface area contributed by atoms with Gasteiger partial charge in [0.2, 0.25) is 5.13 Å². The molecule has 1 atom stereocenters. The van der Waals surface area contributed by atoms with Crippen LogP contribution in [0, 0.1) is 0 Å². The summed E-state index contributed by atoms with van der Waals surface area (Å²) >= 11 is 5.41. The van der Waals surface area contributed by atoms with Crippen LogP contribution in [0.3, 0.4) is 0 Å². The van der Waals surface area contributed by atoms with Gasteiger partial charge in [-0.1, -0.05) is 29.3 Å². The first kappa shape index (κ1) is 8.75. The van der Waals surface area contributed by atoms with Gasteiger partial charge in [0.1, 0.15) is 0 Å². The highest BCUT2D eigenvalue weighted by atomic mass is 35.5. The predicted octanol–water partition coefficient (Wildman–Crippen LogP) is 2.13. The van der Waals surface area contributed by atoms with Crippen LogP contribution in [0.5, 0.6) is 0 Å². The molecule has 1 rings (SSSR count). The molecule has 1 aliphatic rings. The Morgan fingerprint density at radius 1 is 1.73 bits per heavy atom. The van der Waals surface area contributed by atoms with Crippen molar-refractivity contribution in [2.75, 3.05) is 6.54 Å². The molecule has 0 saturated carbocycles. The van der Waals surface area contributed by atoms with Gasteiger partial charge in [-0.2, -0.15) is 0 Å². The van der Waals surface area contributed by atoms with E-state index < -0.39 is 5.13 Å². The average Bonchev–Trinajstić information content (AvgIpc) is 1.94. The van der Waals surface area contributed by atoms with E-state index in [2.05, 4.69) is 0 Å². The number of nitrogens with two attached hydrogens (primary N) is 1. The number of halogens is 2. The van der Waals surface area contributed by atoms with Crippen LogP contribution in [-0.4, -0.2) is 11.7 Å². The molecule has 1 nitrogen and oxygen atoms in total. The Balaban J connectivity index is 2.53. The summed E-state index contributed by atoms with van der Waals surface area (Å²) in [5, 5.41) is -1.67. The van der Waals surface area contributed by atoms with Gasteiger partial charge in [0, 0.05) is 6.42 Å². The van der Waals surface area contributed by atoms with Crippen LogP contribution >= 0.6 is 11.6 Å². The zero-order valence-electron chi connectivity index (χ0n) is 6.19. The molecule has 0 aromatic carbocycles. The second-order valence-electron chi connectivity index (χ2n) is 2.62. The minimum atomic E-state index is -1.67. The van der Waals surface area contributed by atoms with E-state index in [1.807, 2.05) is 0 Å². The van der Waals surface area contributed by atoms with E-state index in [0.717, 1.165) is 12.0 Å². The zero-order chi connectivity index (χ0) is 8.32. The highest BCUT2D eigenvalue weighted by Gasteiger charge is 2.23. The zero-order valence-corrected chi connectivity index (χ0v) is 6.94. The van der Waals surface area contributed by atoms with Gasteiger partial charge in [-0.25, -0.2) is 4.39 Å². The van der Waals surface area contributed by atoms with Crippen molar-refractivity contribution in [2.45, 2.75) is 18.0 Å². The van der Waals surface area contributed by atoms with Gasteiger partial charge in [0.15, 0.2) is 0 Å². The summed E-state index contributed by atoms with van der Waals surface area (Å²) < 4.78 is 12.9. The second kappa shape index (κ2) is 3.37. The van der Waals surface area contributed by atoms with E-state index in [4.69, 9.17) is 17.3 Å². The number of alkyl halides is 2. The van der Waals surface area contributed by atoms with Crippen LogP contribution in [0.1, 0.15) is 12.8 Å². The van der Waals surface area contributed by atoms with E-state index in [1.54, 1.807) is 12.2 Å². The van der Waals surface area contributed by atoms with Crippen molar-refractivity contribution < 1.29 is 4.39 Å². The molecule has 0 aromatic heterocycles. The fourth-order valence-corrected chi connectivity index (χ4v) is 1.12. The first-order valence-corrected chi connectivity index (χ1v) is 3.98. The molecule has 0 radical (unpaired) electrons. The summed E-state index contributed by atoms with van der Waals surface area (Å²) in [7, 11) is 0. The Morgan fingerprint density at radius 3 is 2.91 bits per heavy atom. The van der Waals surface area contributed by atoms with Crippen molar-refractivity contribution >= 4 is 11.6 Å². The third-order valence-electron chi connectivity index (χ3n) is 1.61. The average molecular weight is 176 g/mol. The first-order valence-electron chi connectivity index (χ1n) is 3.60. The normalized spacial score (nSPS) is 30.3. The molecule has 2 N–H and O–H groups in total. The molecule has 0 aromatic rings. The number of rotatable bonds is 2. The molecule has 0 saturated heterocycles. The van der Waals surface area contributed by atoms with Crippen molar-refractivity contribution in [3.05, 3.63) is 23.8 Å². The topological polar surface area (TPSA) is 26.0 Å². The minimum Gasteiger partial charge on any atom is -0.330 e. The maximum absolute atomic E-state index is 12.9. The fraction of sp³-hybridized carbons (Fsp3) is 0.500. The molecule has 3 heteroatoms. The fourth-order valence-electron chi connectivity index (χ4n) is 0.984. The quantitative estimate of drug-likeness (QED) is 0.640. The Kier molecular flexibility index (Phi) is 2.68. The Bertz CT molecular complexity index is 196. The molecule has 1 aliphatic carbocycles. The lowest BCUT2D eigenvalue weighted by Gasteiger charge is -2.15. The third-order valence-corrected chi connectivity index (χ3v) is 1.89. The van der Waals surface area contributed by atoms with Gasteiger partial charge in [-0.3, -0.25) is 0 Å². The summed E-state index contributed by atoms with van der Waals surface area (Å²) in [4.78, 5) is 0. The predicted molar refractivity (Wildman–Crippen MR) is 45.2 cm³/mol. The van der Waals surface area contributed by atoms with Crippen molar-refractivity contribution in [3.8, 4) is 0 Å². The van der Waals surface area contributed by atoms with Gasteiger partial charge in [0.25, 0.3) is 0 Å². The number of hydrogen-bond donors (Lipinski definition) is 1. The van der Waals surface area contributed by atoms with Crippen molar-refractivity contribution in [1.29, 1.82) is 0 Å². The maximum Gasteiger partial charge on any atom is 0.205 e. The molecule has 11 heavy (non-hydrogen) atoms. The SMILES string of the molecule is NCCC1=CCC(F)(Cl)C=C1. The maximum atomic E-state index is 12.9. The monoisotopic (exact) mass is 175 g/mol. The molecule has 0 heterocycles. The van der Waals surface area contributed by atoms with Crippen molar-refractivity contribution in [3.63, 3.8) is 0 Å². The van der Waals surface area contributed by atoms with Crippen LogP contribution < -0.4 is 5.73 Å². The van der Waals surface area contributed by atoms with E-state index in [9.17, 15) is 4.39 Å². The molecule has 0 spiro atoms. The number of allylic oxidation sites excluding steroid dienone is 3. The highest BCUT2D eigenvalue weighted by Crippen LogP contribution is 2.29. The van der Waals surface area contributed by atoms with E-state index in [0.29, 0.717) is 6.54 Å².